The van der Waals surface area contributed by atoms with E-state index in [0.29, 0.717) is 43.3 Å². The third-order valence-corrected chi connectivity index (χ3v) is 4.90. The fourth-order valence-corrected chi connectivity index (χ4v) is 3.42. The summed E-state index contributed by atoms with van der Waals surface area (Å²) in [5, 5.41) is 0.553. The van der Waals surface area contributed by atoms with Crippen molar-refractivity contribution < 1.29 is 14.3 Å². The zero-order valence-corrected chi connectivity index (χ0v) is 15.5. The SMILES string of the molecule is CC(=O)C1CCN(C(=O)CCCOc2ccc(Br)cc2Cl)CC1. The van der Waals surface area contributed by atoms with Gasteiger partial charge in [0.2, 0.25) is 5.91 Å². The number of hydrogen-bond donors (Lipinski definition) is 0. The van der Waals surface area contributed by atoms with E-state index < -0.39 is 0 Å². The van der Waals surface area contributed by atoms with Gasteiger partial charge in [0, 0.05) is 29.9 Å². The molecule has 6 heteroatoms. The molecule has 1 aliphatic heterocycles. The Morgan fingerprint density at radius 2 is 2.04 bits per heavy atom. The Balaban J connectivity index is 1.68. The highest BCUT2D eigenvalue weighted by Crippen LogP contribution is 2.27. The summed E-state index contributed by atoms with van der Waals surface area (Å²) in [5.41, 5.74) is 0. The summed E-state index contributed by atoms with van der Waals surface area (Å²) in [5.74, 6) is 1.13. The second-order valence-electron chi connectivity index (χ2n) is 5.79. The maximum atomic E-state index is 12.2. The second-order valence-corrected chi connectivity index (χ2v) is 7.12. The van der Waals surface area contributed by atoms with E-state index in [1.54, 1.807) is 19.1 Å². The highest BCUT2D eigenvalue weighted by atomic mass is 79.9. The molecule has 1 aliphatic rings. The number of likely N-dealkylation sites (tertiary alicyclic amines) is 1. The highest BCUT2D eigenvalue weighted by Gasteiger charge is 2.24. The number of halogens is 2. The van der Waals surface area contributed by atoms with Crippen molar-refractivity contribution in [2.75, 3.05) is 19.7 Å². The van der Waals surface area contributed by atoms with Gasteiger partial charge in [0.1, 0.15) is 11.5 Å². The molecule has 1 fully saturated rings. The van der Waals surface area contributed by atoms with Gasteiger partial charge in [0.05, 0.1) is 11.6 Å². The monoisotopic (exact) mass is 401 g/mol. The minimum Gasteiger partial charge on any atom is -0.492 e. The van der Waals surface area contributed by atoms with Gasteiger partial charge in [-0.15, -0.1) is 0 Å². The van der Waals surface area contributed by atoms with Crippen LogP contribution < -0.4 is 4.74 Å². The number of piperidine rings is 1. The number of carbonyl (C=O) groups is 2. The molecule has 126 valence electrons. The fourth-order valence-electron chi connectivity index (χ4n) is 2.69. The lowest BCUT2D eigenvalue weighted by Crippen LogP contribution is -2.39. The van der Waals surface area contributed by atoms with Gasteiger partial charge in [0.15, 0.2) is 0 Å². The van der Waals surface area contributed by atoms with E-state index in [0.717, 1.165) is 17.3 Å². The number of benzene rings is 1. The maximum Gasteiger partial charge on any atom is 0.222 e. The Labute approximate surface area is 150 Å². The molecule has 0 aliphatic carbocycles. The first-order valence-corrected chi connectivity index (χ1v) is 9.00. The Bertz CT molecular complexity index is 571. The fraction of sp³-hybridized carbons (Fsp3) is 0.529. The molecule has 1 amide bonds. The topological polar surface area (TPSA) is 46.6 Å². The summed E-state index contributed by atoms with van der Waals surface area (Å²) in [6, 6.07) is 5.45. The molecule has 1 heterocycles. The van der Waals surface area contributed by atoms with Crippen molar-refractivity contribution in [3.05, 3.63) is 27.7 Å². The smallest absolute Gasteiger partial charge is 0.222 e. The highest BCUT2D eigenvalue weighted by molar-refractivity contribution is 9.10. The maximum absolute atomic E-state index is 12.2. The van der Waals surface area contributed by atoms with Crippen molar-refractivity contribution in [3.63, 3.8) is 0 Å². The molecule has 0 unspecified atom stereocenters. The summed E-state index contributed by atoms with van der Waals surface area (Å²) >= 11 is 9.42. The van der Waals surface area contributed by atoms with Crippen LogP contribution in [0.15, 0.2) is 22.7 Å². The first kappa shape index (κ1) is 18.3. The molecule has 0 bridgehead atoms. The van der Waals surface area contributed by atoms with E-state index in [-0.39, 0.29) is 17.6 Å². The first-order valence-electron chi connectivity index (χ1n) is 7.83. The van der Waals surface area contributed by atoms with Crippen molar-refractivity contribution in [1.82, 2.24) is 4.90 Å². The van der Waals surface area contributed by atoms with E-state index in [2.05, 4.69) is 15.9 Å². The van der Waals surface area contributed by atoms with Crippen molar-refractivity contribution >= 4 is 39.2 Å². The molecule has 4 nitrogen and oxygen atoms in total. The number of nitrogens with zero attached hydrogens (tertiary/aromatic N) is 1. The van der Waals surface area contributed by atoms with Crippen LogP contribution >= 0.6 is 27.5 Å². The molecule has 0 aromatic heterocycles. The van der Waals surface area contributed by atoms with E-state index in [1.165, 1.54) is 0 Å². The summed E-state index contributed by atoms with van der Waals surface area (Å²) < 4.78 is 6.51. The summed E-state index contributed by atoms with van der Waals surface area (Å²) in [6.45, 7) is 3.45. The predicted molar refractivity (Wildman–Crippen MR) is 93.9 cm³/mol. The molecule has 2 rings (SSSR count). The van der Waals surface area contributed by atoms with Crippen LogP contribution in [0.2, 0.25) is 5.02 Å². The van der Waals surface area contributed by atoms with Gasteiger partial charge in [-0.25, -0.2) is 0 Å². The lowest BCUT2D eigenvalue weighted by Gasteiger charge is -2.31. The number of hydrogen-bond acceptors (Lipinski definition) is 3. The van der Waals surface area contributed by atoms with Crippen LogP contribution in [0.25, 0.3) is 0 Å². The standard InChI is InChI=1S/C17H21BrClNO3/c1-12(21)13-6-8-20(9-7-13)17(22)3-2-10-23-16-5-4-14(18)11-15(16)19/h4-5,11,13H,2-3,6-10H2,1H3. The third-order valence-electron chi connectivity index (χ3n) is 4.11. The van der Waals surface area contributed by atoms with E-state index in [4.69, 9.17) is 16.3 Å². The Hall–Kier alpha value is -1.07. The molecule has 0 radical (unpaired) electrons. The van der Waals surface area contributed by atoms with Crippen LogP contribution in [0, 0.1) is 5.92 Å². The molecule has 1 saturated heterocycles. The Morgan fingerprint density at radius 3 is 2.65 bits per heavy atom. The van der Waals surface area contributed by atoms with E-state index in [9.17, 15) is 9.59 Å². The number of rotatable bonds is 6. The normalized spacial score (nSPS) is 15.5. The number of amides is 1. The minimum atomic E-state index is 0.127. The number of Topliss-reactive ketones (excluding diaryl/α,β-unsaturated/α-hetero) is 1. The molecule has 1 aromatic carbocycles. The van der Waals surface area contributed by atoms with Gasteiger partial charge in [0.25, 0.3) is 0 Å². The van der Waals surface area contributed by atoms with E-state index in [1.807, 2.05) is 11.0 Å². The van der Waals surface area contributed by atoms with Gasteiger partial charge in [-0.3, -0.25) is 9.59 Å². The number of carbonyl (C=O) groups excluding carboxylic acids is 2. The molecular formula is C17H21BrClNO3. The summed E-state index contributed by atoms with van der Waals surface area (Å²) in [7, 11) is 0. The van der Waals surface area contributed by atoms with Crippen molar-refractivity contribution in [1.29, 1.82) is 0 Å². The zero-order valence-electron chi connectivity index (χ0n) is 13.2. The van der Waals surface area contributed by atoms with Gasteiger partial charge in [-0.1, -0.05) is 27.5 Å². The summed E-state index contributed by atoms with van der Waals surface area (Å²) in [4.78, 5) is 25.3. The van der Waals surface area contributed by atoms with Crippen LogP contribution in [0.5, 0.6) is 5.75 Å². The lowest BCUT2D eigenvalue weighted by atomic mass is 9.93. The Morgan fingerprint density at radius 1 is 1.35 bits per heavy atom. The third kappa shape index (κ3) is 5.50. The van der Waals surface area contributed by atoms with Gasteiger partial charge in [-0.05, 0) is 44.4 Å². The molecular weight excluding hydrogens is 382 g/mol. The number of ether oxygens (including phenoxy) is 1. The largest absolute Gasteiger partial charge is 0.492 e. The predicted octanol–water partition coefficient (Wildman–Crippen LogP) is 4.09. The van der Waals surface area contributed by atoms with Crippen molar-refractivity contribution in [3.8, 4) is 5.75 Å². The molecule has 23 heavy (non-hydrogen) atoms. The quantitative estimate of drug-likeness (QED) is 0.673. The van der Waals surface area contributed by atoms with Gasteiger partial charge < -0.3 is 9.64 Å². The van der Waals surface area contributed by atoms with Crippen molar-refractivity contribution in [2.45, 2.75) is 32.6 Å². The van der Waals surface area contributed by atoms with Crippen LogP contribution in [-0.2, 0) is 9.59 Å². The molecule has 0 saturated carbocycles. The molecule has 0 N–H and O–H groups in total. The average molecular weight is 403 g/mol. The molecule has 1 aromatic rings. The van der Waals surface area contributed by atoms with Gasteiger partial charge >= 0.3 is 0 Å². The van der Waals surface area contributed by atoms with Crippen molar-refractivity contribution in [2.24, 2.45) is 5.92 Å². The second kappa shape index (κ2) is 8.69. The van der Waals surface area contributed by atoms with E-state index >= 15 is 0 Å². The zero-order chi connectivity index (χ0) is 16.8. The first-order chi connectivity index (χ1) is 11.0. The Kier molecular flexibility index (Phi) is 6.90. The lowest BCUT2D eigenvalue weighted by molar-refractivity contribution is -0.134. The molecule has 0 spiro atoms. The van der Waals surface area contributed by atoms with Gasteiger partial charge in [-0.2, -0.15) is 0 Å². The summed E-state index contributed by atoms with van der Waals surface area (Å²) in [6.07, 6.45) is 2.68. The van der Waals surface area contributed by atoms with Crippen LogP contribution in [-0.4, -0.2) is 36.3 Å². The number of ketones is 1. The van der Waals surface area contributed by atoms with Crippen LogP contribution in [0.4, 0.5) is 0 Å². The van der Waals surface area contributed by atoms with Crippen LogP contribution in [0.3, 0.4) is 0 Å². The average Bonchev–Trinajstić information content (AvgIpc) is 2.53. The minimum absolute atomic E-state index is 0.127. The van der Waals surface area contributed by atoms with Crippen LogP contribution in [0.1, 0.15) is 32.6 Å². The molecule has 0 atom stereocenters.